The molecule has 0 bridgehead atoms. The topological polar surface area (TPSA) is 20.2 Å². The van der Waals surface area contributed by atoms with E-state index in [1.54, 1.807) is 5.57 Å². The Balaban J connectivity index is 1.55. The molecular formula is C28H44O. The Morgan fingerprint density at radius 2 is 1.86 bits per heavy atom. The molecule has 0 amide bonds. The van der Waals surface area contributed by atoms with Crippen molar-refractivity contribution in [1.82, 2.24) is 0 Å². The Labute approximate surface area is 179 Å². The molecule has 4 aliphatic rings. The van der Waals surface area contributed by atoms with E-state index in [1.807, 2.05) is 5.57 Å². The Hall–Kier alpha value is -0.820. The number of allylic oxidation sites excluding steroid dienone is 6. The molecule has 1 N–H and O–H groups in total. The van der Waals surface area contributed by atoms with Crippen LogP contribution in [0, 0.1) is 46.3 Å². The van der Waals surface area contributed by atoms with Crippen molar-refractivity contribution < 1.29 is 5.11 Å². The maximum atomic E-state index is 9.45. The van der Waals surface area contributed by atoms with Crippen molar-refractivity contribution in [2.24, 2.45) is 46.3 Å². The summed E-state index contributed by atoms with van der Waals surface area (Å²) in [6.07, 6.45) is 21.2. The molecule has 0 aliphatic heterocycles. The molecule has 1 nitrogen and oxygen atoms in total. The van der Waals surface area contributed by atoms with Gasteiger partial charge in [0.2, 0.25) is 0 Å². The molecule has 8 atom stereocenters. The SMILES string of the molecule is CC(CO)[C@@H](C)C=C[C@@H](C)[C@H]1CC[C@H]2C3=C(CC[C@]12C)[C@@]1(C)CCCCC1C=C3. The Morgan fingerprint density at radius 3 is 2.62 bits per heavy atom. The highest BCUT2D eigenvalue weighted by molar-refractivity contribution is 5.42. The molecular weight excluding hydrogens is 352 g/mol. The van der Waals surface area contributed by atoms with Crippen LogP contribution < -0.4 is 0 Å². The predicted molar refractivity (Wildman–Crippen MR) is 124 cm³/mol. The van der Waals surface area contributed by atoms with Gasteiger partial charge in [0.15, 0.2) is 0 Å². The third-order valence-corrected chi connectivity index (χ3v) is 10.1. The van der Waals surface area contributed by atoms with Crippen LogP contribution in [0.1, 0.15) is 86.0 Å². The van der Waals surface area contributed by atoms with Gasteiger partial charge in [0.25, 0.3) is 0 Å². The number of hydrogen-bond acceptors (Lipinski definition) is 1. The molecule has 0 aromatic carbocycles. The van der Waals surface area contributed by atoms with Crippen LogP contribution in [0.5, 0.6) is 0 Å². The average molecular weight is 397 g/mol. The van der Waals surface area contributed by atoms with E-state index >= 15 is 0 Å². The highest BCUT2D eigenvalue weighted by atomic mass is 16.3. The standard InChI is InChI=1S/C28H44O/c1-19(21(3)18-29)9-10-20(2)24-13-14-25-23-12-11-22-8-6-7-16-27(22,4)26(23)15-17-28(24,25)5/h9-12,19-22,24-25,29H,6-8,13-18H2,1-5H3/t19-,20+,21?,22?,24+,25-,27-,28+/m0/s1. The van der Waals surface area contributed by atoms with Gasteiger partial charge in [-0.05, 0) is 90.4 Å². The van der Waals surface area contributed by atoms with Crippen molar-refractivity contribution in [3.05, 3.63) is 35.5 Å². The molecule has 29 heavy (non-hydrogen) atoms. The monoisotopic (exact) mass is 396 g/mol. The maximum absolute atomic E-state index is 9.45. The molecule has 0 saturated heterocycles. The third kappa shape index (κ3) is 3.50. The first-order chi connectivity index (χ1) is 13.8. The number of rotatable bonds is 5. The van der Waals surface area contributed by atoms with Gasteiger partial charge in [-0.15, -0.1) is 0 Å². The first-order valence-electron chi connectivity index (χ1n) is 12.5. The van der Waals surface area contributed by atoms with Crippen LogP contribution in [0.3, 0.4) is 0 Å². The molecule has 0 radical (unpaired) electrons. The zero-order valence-corrected chi connectivity index (χ0v) is 19.6. The Bertz CT molecular complexity index is 699. The quantitative estimate of drug-likeness (QED) is 0.482. The number of fused-ring (bicyclic) bond motifs is 4. The van der Waals surface area contributed by atoms with E-state index in [0.29, 0.717) is 28.6 Å². The van der Waals surface area contributed by atoms with Crippen LogP contribution in [0.25, 0.3) is 0 Å². The van der Waals surface area contributed by atoms with E-state index < -0.39 is 0 Å². The van der Waals surface area contributed by atoms with Crippen LogP contribution in [0.2, 0.25) is 0 Å². The fraction of sp³-hybridized carbons (Fsp3) is 0.786. The van der Waals surface area contributed by atoms with Crippen molar-refractivity contribution >= 4 is 0 Å². The number of hydrogen-bond donors (Lipinski definition) is 1. The molecule has 0 heterocycles. The second-order valence-electron chi connectivity index (χ2n) is 11.6. The summed E-state index contributed by atoms with van der Waals surface area (Å²) in [5.74, 6) is 3.80. The molecule has 2 saturated carbocycles. The minimum atomic E-state index is 0.284. The van der Waals surface area contributed by atoms with Crippen molar-refractivity contribution in [3.63, 3.8) is 0 Å². The Kier molecular flexibility index (Phi) is 5.93. The maximum Gasteiger partial charge on any atom is 0.0462 e. The summed E-state index contributed by atoms with van der Waals surface area (Å²) in [5, 5.41) is 9.45. The van der Waals surface area contributed by atoms with Crippen molar-refractivity contribution in [1.29, 1.82) is 0 Å². The van der Waals surface area contributed by atoms with E-state index in [1.165, 1.54) is 51.4 Å². The molecule has 4 aliphatic carbocycles. The number of aliphatic hydroxyl groups excluding tert-OH is 1. The summed E-state index contributed by atoms with van der Waals surface area (Å²) in [6.45, 7) is 12.3. The van der Waals surface area contributed by atoms with E-state index in [4.69, 9.17) is 0 Å². The van der Waals surface area contributed by atoms with Crippen LogP contribution in [0.15, 0.2) is 35.5 Å². The zero-order chi connectivity index (χ0) is 20.8. The van der Waals surface area contributed by atoms with Gasteiger partial charge in [-0.25, -0.2) is 0 Å². The minimum Gasteiger partial charge on any atom is -0.396 e. The lowest BCUT2D eigenvalue weighted by atomic mass is 9.52. The highest BCUT2D eigenvalue weighted by Crippen LogP contribution is 2.64. The van der Waals surface area contributed by atoms with Crippen molar-refractivity contribution in [3.8, 4) is 0 Å². The van der Waals surface area contributed by atoms with E-state index in [9.17, 15) is 5.11 Å². The van der Waals surface area contributed by atoms with Gasteiger partial charge < -0.3 is 5.11 Å². The molecule has 162 valence electrons. The molecule has 2 fully saturated rings. The van der Waals surface area contributed by atoms with Crippen LogP contribution in [-0.4, -0.2) is 11.7 Å². The molecule has 0 spiro atoms. The predicted octanol–water partition coefficient (Wildman–Crippen LogP) is 7.33. The molecule has 0 aromatic heterocycles. The number of aliphatic hydroxyl groups is 1. The summed E-state index contributed by atoms with van der Waals surface area (Å²) >= 11 is 0. The lowest BCUT2D eigenvalue weighted by molar-refractivity contribution is 0.104. The lowest BCUT2D eigenvalue weighted by Gasteiger charge is -2.52. The smallest absolute Gasteiger partial charge is 0.0462 e. The summed E-state index contributed by atoms with van der Waals surface area (Å²) in [7, 11) is 0. The molecule has 0 aromatic rings. The minimum absolute atomic E-state index is 0.284. The molecule has 1 heteroatoms. The van der Waals surface area contributed by atoms with Gasteiger partial charge in [0, 0.05) is 6.61 Å². The first-order valence-corrected chi connectivity index (χ1v) is 12.5. The summed E-state index contributed by atoms with van der Waals surface area (Å²) in [4.78, 5) is 0. The second kappa shape index (κ2) is 8.03. The second-order valence-corrected chi connectivity index (χ2v) is 11.6. The van der Waals surface area contributed by atoms with Crippen LogP contribution >= 0.6 is 0 Å². The van der Waals surface area contributed by atoms with Crippen molar-refractivity contribution in [2.75, 3.05) is 6.61 Å². The first kappa shape index (κ1) is 21.4. The average Bonchev–Trinajstić information content (AvgIpc) is 3.08. The highest BCUT2D eigenvalue weighted by Gasteiger charge is 2.54. The van der Waals surface area contributed by atoms with E-state index in [2.05, 4.69) is 58.9 Å². The zero-order valence-electron chi connectivity index (χ0n) is 19.6. The van der Waals surface area contributed by atoms with E-state index in [0.717, 1.165) is 17.8 Å². The largest absolute Gasteiger partial charge is 0.396 e. The van der Waals surface area contributed by atoms with Crippen molar-refractivity contribution in [2.45, 2.75) is 86.0 Å². The van der Waals surface area contributed by atoms with Gasteiger partial charge >= 0.3 is 0 Å². The van der Waals surface area contributed by atoms with Gasteiger partial charge in [0.05, 0.1) is 0 Å². The van der Waals surface area contributed by atoms with Gasteiger partial charge in [-0.2, -0.15) is 0 Å². The summed E-state index contributed by atoms with van der Waals surface area (Å²) in [5.41, 5.74) is 4.54. The van der Waals surface area contributed by atoms with Gasteiger partial charge in [-0.1, -0.05) is 77.3 Å². The Morgan fingerprint density at radius 1 is 1.07 bits per heavy atom. The lowest BCUT2D eigenvalue weighted by Crippen LogP contribution is -2.42. The van der Waals surface area contributed by atoms with Gasteiger partial charge in [-0.3, -0.25) is 0 Å². The van der Waals surface area contributed by atoms with Gasteiger partial charge in [0.1, 0.15) is 0 Å². The fourth-order valence-corrected chi connectivity index (χ4v) is 7.68. The summed E-state index contributed by atoms with van der Waals surface area (Å²) in [6, 6.07) is 0. The van der Waals surface area contributed by atoms with E-state index in [-0.39, 0.29) is 6.61 Å². The molecule has 4 rings (SSSR count). The van der Waals surface area contributed by atoms with Crippen LogP contribution in [0.4, 0.5) is 0 Å². The third-order valence-electron chi connectivity index (χ3n) is 10.1. The molecule has 2 unspecified atom stereocenters. The normalized spacial score (nSPS) is 42.3. The fourth-order valence-electron chi connectivity index (χ4n) is 7.68. The van der Waals surface area contributed by atoms with Crippen LogP contribution in [-0.2, 0) is 0 Å². The summed E-state index contributed by atoms with van der Waals surface area (Å²) < 4.78 is 0.